The molecule has 8 nitrogen and oxygen atoms in total. The van der Waals surface area contributed by atoms with Crippen molar-refractivity contribution in [2.45, 2.75) is 270 Å². The van der Waals surface area contributed by atoms with Crippen molar-refractivity contribution in [3.05, 3.63) is 170 Å². The van der Waals surface area contributed by atoms with Crippen LogP contribution in [0.4, 0.5) is 0 Å². The topological polar surface area (TPSA) is 105 Å². The minimum atomic E-state index is -4.38. The van der Waals surface area contributed by atoms with E-state index < -0.39 is 20.0 Å². The third-order valence-electron chi connectivity index (χ3n) is 14.4. The number of rotatable bonds is 61. The van der Waals surface area contributed by atoms with Gasteiger partial charge in [-0.3, -0.25) is 13.8 Å². The van der Waals surface area contributed by atoms with E-state index in [9.17, 15) is 19.4 Å². The Morgan fingerprint density at radius 2 is 0.709 bits per heavy atom. The molecule has 488 valence electrons. The van der Waals surface area contributed by atoms with Crippen LogP contribution in [0.5, 0.6) is 0 Å². The first-order valence-corrected chi connectivity index (χ1v) is 36.0. The van der Waals surface area contributed by atoms with Crippen molar-refractivity contribution < 1.29 is 32.9 Å². The average molecular weight is 1210 g/mol. The first-order chi connectivity index (χ1) is 42.0. The van der Waals surface area contributed by atoms with E-state index in [2.05, 4.69) is 177 Å². The van der Waals surface area contributed by atoms with Gasteiger partial charge in [0.25, 0.3) is 0 Å². The molecule has 3 atom stereocenters. The van der Waals surface area contributed by atoms with Crippen LogP contribution in [-0.2, 0) is 18.4 Å². The molecule has 86 heavy (non-hydrogen) atoms. The first-order valence-electron chi connectivity index (χ1n) is 34.5. The highest BCUT2D eigenvalue weighted by atomic mass is 31.2. The lowest BCUT2D eigenvalue weighted by Gasteiger charge is -2.25. The molecule has 0 heterocycles. The van der Waals surface area contributed by atoms with Crippen molar-refractivity contribution >= 4 is 13.7 Å². The van der Waals surface area contributed by atoms with Gasteiger partial charge < -0.3 is 19.8 Å². The molecule has 0 aliphatic heterocycles. The van der Waals surface area contributed by atoms with Crippen molar-refractivity contribution in [2.75, 3.05) is 40.9 Å². The highest BCUT2D eigenvalue weighted by Gasteiger charge is 2.27. The molecule has 0 aromatic carbocycles. The fraction of sp³-hybridized carbons (Fsp3) is 0.623. The van der Waals surface area contributed by atoms with Crippen LogP contribution in [0, 0.1) is 0 Å². The lowest BCUT2D eigenvalue weighted by molar-refractivity contribution is -0.870. The maximum absolute atomic E-state index is 13.0. The van der Waals surface area contributed by atoms with Crippen LogP contribution in [0.15, 0.2) is 170 Å². The summed E-state index contributed by atoms with van der Waals surface area (Å²) < 4.78 is 23.8. The number of quaternary nitrogens is 1. The highest BCUT2D eigenvalue weighted by Crippen LogP contribution is 2.43. The monoisotopic (exact) mass is 1210 g/mol. The molecular weight excluding hydrogens is 1080 g/mol. The van der Waals surface area contributed by atoms with Crippen LogP contribution in [0.3, 0.4) is 0 Å². The summed E-state index contributed by atoms with van der Waals surface area (Å²) in [7, 11) is 1.51. The average Bonchev–Trinajstić information content (AvgIpc) is 3.70. The number of allylic oxidation sites excluding steroid dienone is 27. The summed E-state index contributed by atoms with van der Waals surface area (Å²) >= 11 is 0. The third-order valence-corrected chi connectivity index (χ3v) is 15.4. The molecule has 0 spiro atoms. The van der Waals surface area contributed by atoms with Gasteiger partial charge in [-0.2, -0.15) is 0 Å². The Labute approximate surface area is 530 Å². The molecule has 0 bridgehead atoms. The largest absolute Gasteiger partial charge is 0.472 e. The minimum Gasteiger partial charge on any atom is -0.387 e. The Hall–Kier alpha value is -4.14. The molecule has 3 N–H and O–H groups in total. The Morgan fingerprint density at radius 1 is 0.407 bits per heavy atom. The summed E-state index contributed by atoms with van der Waals surface area (Å²) in [6.45, 7) is 4.65. The van der Waals surface area contributed by atoms with Gasteiger partial charge in [0.15, 0.2) is 0 Å². The van der Waals surface area contributed by atoms with Gasteiger partial charge in [-0.05, 0) is 128 Å². The molecule has 9 heteroatoms. The van der Waals surface area contributed by atoms with E-state index in [4.69, 9.17) is 9.05 Å². The Balaban J connectivity index is 4.27. The summed E-state index contributed by atoms with van der Waals surface area (Å²) in [6.07, 6.45) is 103. The van der Waals surface area contributed by atoms with Gasteiger partial charge in [-0.25, -0.2) is 4.57 Å². The van der Waals surface area contributed by atoms with Crippen LogP contribution in [0.1, 0.15) is 258 Å². The van der Waals surface area contributed by atoms with Gasteiger partial charge in [-0.15, -0.1) is 0 Å². The zero-order valence-electron chi connectivity index (χ0n) is 55.7. The van der Waals surface area contributed by atoms with Gasteiger partial charge in [0.1, 0.15) is 13.2 Å². The number of hydrogen-bond acceptors (Lipinski definition) is 5. The quantitative estimate of drug-likeness (QED) is 0.0243. The standard InChI is InChI=1S/C77H129N2O6P/c1-6-8-10-12-14-16-18-20-22-24-26-28-30-32-33-34-35-36-37-38-39-40-41-42-43-44-45-47-49-51-53-55-57-59-61-63-65-67-69-71-77(81)78-75(74-85-86(82,83)84-73-72-79(3,4)5)76(80)70-68-66-64-62-60-58-56-54-52-50-48-46-31-29-27-25-23-21-19-17-15-13-11-9-7-2/h8,10,14,16,20,22,26,28,32-33,35-36,38-39,41-42,44-45,49,51-52,54-55,57,60,62,68,70,75-76,80H,6-7,9,11-13,15,17-19,21,23-25,27,29-31,34,37,40,43,46-48,50,53,56,58-59,61,63-67,69,71-74H2,1-5H3,(H-,78,81,82,83)/p+1/b10-8-,16-14-,22-20-,28-26-,33-32-,36-35-,39-38-,42-41-,45-44-,51-49-,54-52+,57-55-,62-60+,70-68+. The number of aliphatic hydroxyl groups excluding tert-OH is 1. The number of phosphoric acid groups is 1. The smallest absolute Gasteiger partial charge is 0.387 e. The highest BCUT2D eigenvalue weighted by molar-refractivity contribution is 7.47. The molecule has 3 unspecified atom stereocenters. The SMILES string of the molecule is CC/C=C\C/C=C\C/C=C\C/C=C\C/C=C\C/C=C\C/C=C\C/C=C\C/C=C\C/C=C\C/C=C\CCCCCCCC(=O)NC(COP(=O)(O)OCC[N+](C)(C)C)C(O)/C=C/CC/C=C/CC/C=C/CCCCCCCCCCCCCCCCC. The van der Waals surface area contributed by atoms with E-state index in [1.54, 1.807) is 6.08 Å². The van der Waals surface area contributed by atoms with Gasteiger partial charge in [0, 0.05) is 6.42 Å². The van der Waals surface area contributed by atoms with Crippen LogP contribution in [0.2, 0.25) is 0 Å². The molecule has 0 saturated heterocycles. The number of hydrogen-bond donors (Lipinski definition) is 3. The maximum atomic E-state index is 13.0. The van der Waals surface area contributed by atoms with Crippen molar-refractivity contribution in [2.24, 2.45) is 0 Å². The number of carbonyl (C=O) groups excluding carboxylic acids is 1. The molecule has 1 amide bonds. The second-order valence-electron chi connectivity index (χ2n) is 23.8. The Kier molecular flexibility index (Phi) is 62.2. The number of nitrogens with zero attached hydrogens (tertiary/aromatic N) is 1. The second-order valence-corrected chi connectivity index (χ2v) is 25.3. The number of nitrogens with one attached hydrogen (secondary N) is 1. The van der Waals surface area contributed by atoms with E-state index in [-0.39, 0.29) is 19.1 Å². The molecular formula is C77H130N2O6P+. The zero-order valence-corrected chi connectivity index (χ0v) is 56.6. The molecule has 0 radical (unpaired) electrons. The number of carbonyl (C=O) groups is 1. The number of aliphatic hydroxyl groups is 1. The maximum Gasteiger partial charge on any atom is 0.472 e. The normalized spacial score (nSPS) is 14.7. The number of amides is 1. The molecule has 0 aromatic heterocycles. The summed E-state index contributed by atoms with van der Waals surface area (Å²) in [4.78, 5) is 23.4. The van der Waals surface area contributed by atoms with E-state index in [0.29, 0.717) is 17.4 Å². The Bertz CT molecular complexity index is 2010. The van der Waals surface area contributed by atoms with Crippen molar-refractivity contribution in [1.82, 2.24) is 5.32 Å². The fourth-order valence-corrected chi connectivity index (χ4v) is 9.81. The van der Waals surface area contributed by atoms with Crippen LogP contribution in [-0.4, -0.2) is 73.4 Å². The molecule has 0 aliphatic carbocycles. The lowest BCUT2D eigenvalue weighted by Crippen LogP contribution is -2.45. The van der Waals surface area contributed by atoms with Gasteiger partial charge in [0.2, 0.25) is 5.91 Å². The number of phosphoric ester groups is 1. The summed E-state index contributed by atoms with van der Waals surface area (Å²) in [5, 5.41) is 13.9. The van der Waals surface area contributed by atoms with E-state index in [1.165, 1.54) is 103 Å². The minimum absolute atomic E-state index is 0.0402. The summed E-state index contributed by atoms with van der Waals surface area (Å²) in [5.41, 5.74) is 0. The van der Waals surface area contributed by atoms with Gasteiger partial charge in [0.05, 0.1) is 39.9 Å². The van der Waals surface area contributed by atoms with E-state index in [1.807, 2.05) is 27.2 Å². The predicted molar refractivity (Wildman–Crippen MR) is 377 cm³/mol. The fourth-order valence-electron chi connectivity index (χ4n) is 9.08. The molecule has 0 rings (SSSR count). The molecule has 0 saturated carbocycles. The van der Waals surface area contributed by atoms with E-state index >= 15 is 0 Å². The van der Waals surface area contributed by atoms with Crippen LogP contribution in [0.25, 0.3) is 0 Å². The van der Waals surface area contributed by atoms with Gasteiger partial charge in [-0.1, -0.05) is 293 Å². The van der Waals surface area contributed by atoms with Crippen molar-refractivity contribution in [3.63, 3.8) is 0 Å². The van der Waals surface area contributed by atoms with Crippen molar-refractivity contribution in [1.29, 1.82) is 0 Å². The predicted octanol–water partition coefficient (Wildman–Crippen LogP) is 22.3. The van der Waals surface area contributed by atoms with Crippen LogP contribution < -0.4 is 5.32 Å². The van der Waals surface area contributed by atoms with E-state index in [0.717, 1.165) is 135 Å². The van der Waals surface area contributed by atoms with Gasteiger partial charge >= 0.3 is 7.82 Å². The molecule has 0 aliphatic rings. The number of likely N-dealkylation sites (N-methyl/N-ethyl adjacent to an activating group) is 1. The lowest BCUT2D eigenvalue weighted by atomic mass is 10.0. The van der Waals surface area contributed by atoms with Crippen LogP contribution >= 0.6 is 7.82 Å². The molecule has 0 fully saturated rings. The third kappa shape index (κ3) is 67.4. The Morgan fingerprint density at radius 3 is 1.07 bits per heavy atom. The molecule has 0 aromatic rings. The zero-order chi connectivity index (χ0) is 62.6. The number of unbranched alkanes of at least 4 members (excludes halogenated alkanes) is 22. The summed E-state index contributed by atoms with van der Waals surface area (Å²) in [6, 6.07) is -0.895. The van der Waals surface area contributed by atoms with Crippen molar-refractivity contribution in [3.8, 4) is 0 Å². The second kappa shape index (κ2) is 65.3. The summed E-state index contributed by atoms with van der Waals surface area (Å²) in [5.74, 6) is -0.216. The first kappa shape index (κ1) is 81.9.